The molecule has 0 nitrogen and oxygen atoms in total. The average molecular weight is 302 g/mol. The highest BCUT2D eigenvalue weighted by Gasteiger charge is 2.46. The smallest absolute Gasteiger partial charge is 0.000750 e. The van der Waals surface area contributed by atoms with Gasteiger partial charge in [-0.05, 0) is 32.2 Å². The van der Waals surface area contributed by atoms with E-state index in [0.717, 1.165) is 0 Å². The molecule has 0 amide bonds. The molecule has 0 aliphatic heterocycles. The van der Waals surface area contributed by atoms with Crippen LogP contribution >= 0.6 is 18.5 Å². The summed E-state index contributed by atoms with van der Waals surface area (Å²) < 4.78 is 0. The van der Waals surface area contributed by atoms with Crippen molar-refractivity contribution in [3.05, 3.63) is 47.5 Å². The zero-order valence-electron chi connectivity index (χ0n) is 12.8. The standard InChI is InChI=1S/C18H24P2/c1-17(2,19)15-12-9-5-7-11-8-6-10-13(14(11)12)16(15)18(3,4)20/h5-10,15-16H,19-20H2,1-4H3. The number of benzene rings is 2. The van der Waals surface area contributed by atoms with Gasteiger partial charge >= 0.3 is 0 Å². The van der Waals surface area contributed by atoms with E-state index in [1.165, 1.54) is 21.9 Å². The molecule has 3 rings (SSSR count). The minimum atomic E-state index is 0.186. The van der Waals surface area contributed by atoms with E-state index in [9.17, 15) is 0 Å². The Labute approximate surface area is 127 Å². The first-order chi connectivity index (χ1) is 9.21. The lowest BCUT2D eigenvalue weighted by atomic mass is 9.74. The number of hydrogen-bond donors (Lipinski definition) is 0. The SMILES string of the molecule is CC(C)(P)C1c2cccc3cccc(c23)C1C(C)(C)P. The number of hydrogen-bond acceptors (Lipinski definition) is 0. The summed E-state index contributed by atoms with van der Waals surface area (Å²) >= 11 is 0. The summed E-state index contributed by atoms with van der Waals surface area (Å²) in [7, 11) is 6.16. The first-order valence-electron chi connectivity index (χ1n) is 7.30. The van der Waals surface area contributed by atoms with E-state index in [-0.39, 0.29) is 10.3 Å². The lowest BCUT2D eigenvalue weighted by molar-refractivity contribution is 0.409. The van der Waals surface area contributed by atoms with Gasteiger partial charge in [0.15, 0.2) is 0 Å². The van der Waals surface area contributed by atoms with Gasteiger partial charge in [-0.2, -0.15) is 0 Å². The maximum Gasteiger partial charge on any atom is 0.000750 e. The van der Waals surface area contributed by atoms with E-state index in [4.69, 9.17) is 0 Å². The largest absolute Gasteiger partial charge is 0.131 e. The third-order valence-corrected chi connectivity index (χ3v) is 5.29. The molecular weight excluding hydrogens is 278 g/mol. The first kappa shape index (κ1) is 14.5. The monoisotopic (exact) mass is 302 g/mol. The molecule has 0 saturated heterocycles. The van der Waals surface area contributed by atoms with Crippen molar-refractivity contribution in [2.24, 2.45) is 0 Å². The minimum Gasteiger partial charge on any atom is -0.131 e. The fraction of sp³-hybridized carbons (Fsp3) is 0.444. The highest BCUT2D eigenvalue weighted by atomic mass is 31.0. The minimum absolute atomic E-state index is 0.186. The van der Waals surface area contributed by atoms with Crippen molar-refractivity contribution in [3.8, 4) is 0 Å². The fourth-order valence-electron chi connectivity index (χ4n) is 3.94. The van der Waals surface area contributed by atoms with Gasteiger partial charge in [0.1, 0.15) is 0 Å². The van der Waals surface area contributed by atoms with Crippen molar-refractivity contribution in [1.29, 1.82) is 0 Å². The molecule has 0 spiro atoms. The van der Waals surface area contributed by atoms with E-state index >= 15 is 0 Å². The Morgan fingerprint density at radius 1 is 0.750 bits per heavy atom. The van der Waals surface area contributed by atoms with Gasteiger partial charge in [-0.15, -0.1) is 18.5 Å². The van der Waals surface area contributed by atoms with Gasteiger partial charge in [0.25, 0.3) is 0 Å². The summed E-state index contributed by atoms with van der Waals surface area (Å²) in [6.45, 7) is 9.37. The molecule has 0 fully saturated rings. The van der Waals surface area contributed by atoms with Crippen LogP contribution in [0.3, 0.4) is 0 Å². The molecular formula is C18H24P2. The van der Waals surface area contributed by atoms with Crippen LogP contribution in [-0.4, -0.2) is 10.3 Å². The quantitative estimate of drug-likeness (QED) is 0.658. The molecule has 20 heavy (non-hydrogen) atoms. The Balaban J connectivity index is 2.36. The second-order valence-corrected chi connectivity index (χ2v) is 10.4. The van der Waals surface area contributed by atoms with Gasteiger partial charge in [-0.25, -0.2) is 0 Å². The van der Waals surface area contributed by atoms with Crippen molar-refractivity contribution in [2.75, 3.05) is 0 Å². The van der Waals surface area contributed by atoms with Crippen LogP contribution < -0.4 is 0 Å². The summed E-state index contributed by atoms with van der Waals surface area (Å²) in [5.74, 6) is 1.09. The second-order valence-electron chi connectivity index (χ2n) is 7.39. The molecule has 0 heterocycles. The molecule has 4 atom stereocenters. The summed E-state index contributed by atoms with van der Waals surface area (Å²) in [4.78, 5) is 0. The zero-order chi connectivity index (χ0) is 14.7. The highest BCUT2D eigenvalue weighted by molar-refractivity contribution is 7.19. The van der Waals surface area contributed by atoms with Crippen molar-refractivity contribution in [2.45, 2.75) is 49.8 Å². The lowest BCUT2D eigenvalue weighted by Gasteiger charge is -2.40. The molecule has 2 aromatic rings. The third kappa shape index (κ3) is 2.13. The summed E-state index contributed by atoms with van der Waals surface area (Å²) in [6.07, 6.45) is 0. The highest BCUT2D eigenvalue weighted by Crippen LogP contribution is 2.59. The molecule has 1 aliphatic rings. The van der Waals surface area contributed by atoms with Crippen molar-refractivity contribution in [3.63, 3.8) is 0 Å². The second kappa shape index (κ2) is 4.53. The number of rotatable bonds is 2. The van der Waals surface area contributed by atoms with Crippen LogP contribution in [0, 0.1) is 0 Å². The van der Waals surface area contributed by atoms with Crippen LogP contribution in [0.4, 0.5) is 0 Å². The van der Waals surface area contributed by atoms with Crippen molar-refractivity contribution in [1.82, 2.24) is 0 Å². The molecule has 2 aromatic carbocycles. The van der Waals surface area contributed by atoms with Gasteiger partial charge in [0.05, 0.1) is 0 Å². The van der Waals surface area contributed by atoms with E-state index in [1.54, 1.807) is 0 Å². The van der Waals surface area contributed by atoms with Gasteiger partial charge in [0.2, 0.25) is 0 Å². The normalized spacial score (nSPS) is 22.5. The maximum atomic E-state index is 3.08. The van der Waals surface area contributed by atoms with Crippen LogP contribution in [-0.2, 0) is 0 Å². The Kier molecular flexibility index (Phi) is 3.28. The molecule has 0 bridgehead atoms. The summed E-state index contributed by atoms with van der Waals surface area (Å²) in [5, 5.41) is 3.25. The van der Waals surface area contributed by atoms with Crippen LogP contribution in [0.5, 0.6) is 0 Å². The van der Waals surface area contributed by atoms with Gasteiger partial charge in [-0.1, -0.05) is 64.1 Å². The van der Waals surface area contributed by atoms with Gasteiger partial charge in [0, 0.05) is 11.8 Å². The molecule has 0 aromatic heterocycles. The van der Waals surface area contributed by atoms with E-state index in [0.29, 0.717) is 11.8 Å². The topological polar surface area (TPSA) is 0 Å². The maximum absolute atomic E-state index is 3.08. The molecule has 0 saturated carbocycles. The van der Waals surface area contributed by atoms with Crippen LogP contribution in [0.15, 0.2) is 36.4 Å². The van der Waals surface area contributed by atoms with Crippen molar-refractivity contribution >= 4 is 29.3 Å². The van der Waals surface area contributed by atoms with Crippen LogP contribution in [0.1, 0.15) is 50.7 Å². The molecule has 2 heteroatoms. The third-order valence-electron chi connectivity index (χ3n) is 4.58. The lowest BCUT2D eigenvalue weighted by Crippen LogP contribution is -2.33. The predicted molar refractivity (Wildman–Crippen MR) is 97.0 cm³/mol. The molecule has 0 radical (unpaired) electrons. The predicted octanol–water partition coefficient (Wildman–Crippen LogP) is 5.33. The van der Waals surface area contributed by atoms with E-state index in [1.807, 2.05) is 0 Å². The average Bonchev–Trinajstić information content (AvgIpc) is 2.66. The molecule has 0 N–H and O–H groups in total. The zero-order valence-corrected chi connectivity index (χ0v) is 15.1. The van der Waals surface area contributed by atoms with Crippen LogP contribution in [0.2, 0.25) is 0 Å². The molecule has 4 unspecified atom stereocenters. The first-order valence-corrected chi connectivity index (χ1v) is 8.46. The van der Waals surface area contributed by atoms with Gasteiger partial charge < -0.3 is 0 Å². The Morgan fingerprint density at radius 3 is 1.50 bits per heavy atom. The summed E-state index contributed by atoms with van der Waals surface area (Å²) in [5.41, 5.74) is 3.05. The molecule has 106 valence electrons. The Hall–Kier alpha value is -0.440. The molecule has 1 aliphatic carbocycles. The van der Waals surface area contributed by atoms with Crippen molar-refractivity contribution < 1.29 is 0 Å². The summed E-state index contributed by atoms with van der Waals surface area (Å²) in [6, 6.07) is 13.6. The Bertz CT molecular complexity index is 604. The van der Waals surface area contributed by atoms with E-state index in [2.05, 4.69) is 82.6 Å². The van der Waals surface area contributed by atoms with Gasteiger partial charge in [-0.3, -0.25) is 0 Å². The fourth-order valence-corrected chi connectivity index (χ4v) is 4.68. The van der Waals surface area contributed by atoms with Crippen LogP contribution in [0.25, 0.3) is 10.8 Å². The van der Waals surface area contributed by atoms with E-state index < -0.39 is 0 Å². The Morgan fingerprint density at radius 2 is 1.15 bits per heavy atom.